The molecule has 18 heavy (non-hydrogen) atoms. The monoisotopic (exact) mass is 257 g/mol. The van der Waals surface area contributed by atoms with Gasteiger partial charge in [0.1, 0.15) is 0 Å². The number of aliphatic carboxylic acids is 1. The van der Waals surface area contributed by atoms with Crippen LogP contribution in [0.1, 0.15) is 6.42 Å². The van der Waals surface area contributed by atoms with Crippen LogP contribution < -0.4 is 5.73 Å². The molecule has 0 aliphatic carbocycles. The first-order chi connectivity index (χ1) is 8.63. The van der Waals surface area contributed by atoms with Gasteiger partial charge in [-0.15, -0.1) is 0 Å². The molecule has 0 aromatic rings. The SMILES string of the molecule is NCC1CCN(C(=O)N2CCOCC2C(=O)O)C1. The van der Waals surface area contributed by atoms with Crippen molar-refractivity contribution in [1.29, 1.82) is 0 Å². The van der Waals surface area contributed by atoms with Gasteiger partial charge in [0.05, 0.1) is 13.2 Å². The van der Waals surface area contributed by atoms with Crippen LogP contribution in [0, 0.1) is 5.92 Å². The predicted octanol–water partition coefficient (Wildman–Crippen LogP) is -0.828. The summed E-state index contributed by atoms with van der Waals surface area (Å²) < 4.78 is 5.12. The number of nitrogens with zero attached hydrogens (tertiary/aromatic N) is 2. The molecule has 2 rings (SSSR count). The van der Waals surface area contributed by atoms with E-state index >= 15 is 0 Å². The number of amides is 2. The molecule has 2 atom stereocenters. The van der Waals surface area contributed by atoms with Crippen LogP contribution in [0.15, 0.2) is 0 Å². The Bertz CT molecular complexity index is 336. The Morgan fingerprint density at radius 3 is 2.78 bits per heavy atom. The zero-order chi connectivity index (χ0) is 13.1. The second kappa shape index (κ2) is 5.53. The topological polar surface area (TPSA) is 96.1 Å². The molecule has 3 N–H and O–H groups in total. The molecular weight excluding hydrogens is 238 g/mol. The van der Waals surface area contributed by atoms with Crippen LogP contribution in [0.3, 0.4) is 0 Å². The fourth-order valence-electron chi connectivity index (χ4n) is 2.42. The summed E-state index contributed by atoms with van der Waals surface area (Å²) in [6, 6.07) is -1.08. The molecule has 2 unspecified atom stereocenters. The van der Waals surface area contributed by atoms with Crippen LogP contribution in [0.25, 0.3) is 0 Å². The highest BCUT2D eigenvalue weighted by Crippen LogP contribution is 2.19. The largest absolute Gasteiger partial charge is 0.480 e. The molecule has 0 spiro atoms. The highest BCUT2D eigenvalue weighted by molar-refractivity contribution is 5.83. The van der Waals surface area contributed by atoms with Gasteiger partial charge in [0.15, 0.2) is 6.04 Å². The minimum absolute atomic E-state index is 0.0647. The van der Waals surface area contributed by atoms with E-state index in [4.69, 9.17) is 15.6 Å². The van der Waals surface area contributed by atoms with Crippen molar-refractivity contribution in [3.8, 4) is 0 Å². The summed E-state index contributed by atoms with van der Waals surface area (Å²) in [5, 5.41) is 9.09. The molecule has 2 amide bonds. The second-order valence-corrected chi connectivity index (χ2v) is 4.74. The van der Waals surface area contributed by atoms with E-state index in [9.17, 15) is 9.59 Å². The average molecular weight is 257 g/mol. The van der Waals surface area contributed by atoms with E-state index in [-0.39, 0.29) is 12.6 Å². The third-order valence-corrected chi connectivity index (χ3v) is 3.55. The first-order valence-corrected chi connectivity index (χ1v) is 6.19. The Hall–Kier alpha value is -1.34. The van der Waals surface area contributed by atoms with Gasteiger partial charge in [-0.25, -0.2) is 9.59 Å². The molecule has 2 aliphatic rings. The average Bonchev–Trinajstić information content (AvgIpc) is 2.86. The summed E-state index contributed by atoms with van der Waals surface area (Å²) in [6.07, 6.45) is 0.893. The van der Waals surface area contributed by atoms with Crippen LogP contribution in [-0.4, -0.2) is 72.3 Å². The number of carbonyl (C=O) groups is 2. The molecule has 0 saturated carbocycles. The minimum Gasteiger partial charge on any atom is -0.480 e. The standard InChI is InChI=1S/C11H19N3O4/c12-5-8-1-2-13(6-8)11(17)14-3-4-18-7-9(14)10(15)16/h8-9H,1-7,12H2,(H,15,16). The highest BCUT2D eigenvalue weighted by Gasteiger charge is 2.37. The number of likely N-dealkylation sites (tertiary alicyclic amines) is 1. The minimum atomic E-state index is -1.02. The van der Waals surface area contributed by atoms with Gasteiger partial charge in [-0.1, -0.05) is 0 Å². The van der Waals surface area contributed by atoms with Gasteiger partial charge in [0.2, 0.25) is 0 Å². The van der Waals surface area contributed by atoms with Gasteiger partial charge in [0.25, 0.3) is 0 Å². The van der Waals surface area contributed by atoms with Crippen molar-refractivity contribution in [1.82, 2.24) is 9.80 Å². The van der Waals surface area contributed by atoms with Gasteiger partial charge < -0.3 is 25.4 Å². The van der Waals surface area contributed by atoms with Crippen LogP contribution in [0.2, 0.25) is 0 Å². The number of urea groups is 1. The summed E-state index contributed by atoms with van der Waals surface area (Å²) in [5.41, 5.74) is 5.58. The van der Waals surface area contributed by atoms with Crippen molar-refractivity contribution in [2.75, 3.05) is 39.4 Å². The molecule has 7 nitrogen and oxygen atoms in total. The summed E-state index contributed by atoms with van der Waals surface area (Å²) in [7, 11) is 0. The lowest BCUT2D eigenvalue weighted by atomic mass is 10.1. The van der Waals surface area contributed by atoms with Crippen LogP contribution in [-0.2, 0) is 9.53 Å². The van der Waals surface area contributed by atoms with E-state index < -0.39 is 12.0 Å². The van der Waals surface area contributed by atoms with Crippen molar-refractivity contribution in [2.45, 2.75) is 12.5 Å². The number of carboxylic acid groups (broad SMARTS) is 1. The smallest absolute Gasteiger partial charge is 0.328 e. The van der Waals surface area contributed by atoms with Crippen LogP contribution >= 0.6 is 0 Å². The summed E-state index contributed by atoms with van der Waals surface area (Å²) in [4.78, 5) is 26.4. The number of hydrogen-bond acceptors (Lipinski definition) is 4. The Kier molecular flexibility index (Phi) is 4.03. The summed E-state index contributed by atoms with van der Waals surface area (Å²) >= 11 is 0. The van der Waals surface area contributed by atoms with Crippen molar-refractivity contribution >= 4 is 12.0 Å². The van der Waals surface area contributed by atoms with Gasteiger partial charge in [-0.05, 0) is 18.9 Å². The number of hydrogen-bond donors (Lipinski definition) is 2. The maximum absolute atomic E-state index is 12.3. The Balaban J connectivity index is 2.00. The molecular formula is C11H19N3O4. The molecule has 102 valence electrons. The maximum atomic E-state index is 12.3. The fourth-order valence-corrected chi connectivity index (χ4v) is 2.42. The van der Waals surface area contributed by atoms with E-state index in [1.807, 2.05) is 0 Å². The Morgan fingerprint density at radius 1 is 1.39 bits per heavy atom. The molecule has 2 aliphatic heterocycles. The molecule has 0 aromatic heterocycles. The maximum Gasteiger partial charge on any atom is 0.328 e. The van der Waals surface area contributed by atoms with Gasteiger partial charge in [0, 0.05) is 19.6 Å². The number of morpholine rings is 1. The Morgan fingerprint density at radius 2 is 2.17 bits per heavy atom. The highest BCUT2D eigenvalue weighted by atomic mass is 16.5. The van der Waals surface area contributed by atoms with E-state index in [2.05, 4.69) is 0 Å². The lowest BCUT2D eigenvalue weighted by Crippen LogP contribution is -2.56. The lowest BCUT2D eigenvalue weighted by molar-refractivity contribution is -0.147. The van der Waals surface area contributed by atoms with E-state index in [1.165, 1.54) is 4.90 Å². The van der Waals surface area contributed by atoms with Crippen LogP contribution in [0.4, 0.5) is 4.79 Å². The van der Waals surface area contributed by atoms with E-state index in [0.717, 1.165) is 6.42 Å². The zero-order valence-electron chi connectivity index (χ0n) is 10.2. The number of carboxylic acids is 1. The summed E-state index contributed by atoms with van der Waals surface area (Å²) in [6.45, 7) is 2.64. The number of rotatable bonds is 2. The van der Waals surface area contributed by atoms with E-state index in [1.54, 1.807) is 4.90 Å². The number of ether oxygens (including phenoxy) is 1. The molecule has 0 radical (unpaired) electrons. The van der Waals surface area contributed by atoms with Gasteiger partial charge >= 0.3 is 12.0 Å². The zero-order valence-corrected chi connectivity index (χ0v) is 10.2. The van der Waals surface area contributed by atoms with Gasteiger partial charge in [-0.3, -0.25) is 0 Å². The first kappa shape index (κ1) is 13.1. The van der Waals surface area contributed by atoms with Crippen molar-refractivity contribution in [2.24, 2.45) is 11.7 Å². The van der Waals surface area contributed by atoms with Crippen molar-refractivity contribution in [3.05, 3.63) is 0 Å². The third-order valence-electron chi connectivity index (χ3n) is 3.55. The quantitative estimate of drug-likeness (QED) is 0.673. The molecule has 2 fully saturated rings. The third kappa shape index (κ3) is 2.56. The normalized spacial score (nSPS) is 28.5. The first-order valence-electron chi connectivity index (χ1n) is 6.19. The number of nitrogens with two attached hydrogens (primary N) is 1. The molecule has 2 heterocycles. The summed E-state index contributed by atoms with van der Waals surface area (Å²) in [5.74, 6) is -0.684. The van der Waals surface area contributed by atoms with Gasteiger partial charge in [-0.2, -0.15) is 0 Å². The van der Waals surface area contributed by atoms with Crippen molar-refractivity contribution < 1.29 is 19.4 Å². The fraction of sp³-hybridized carbons (Fsp3) is 0.818. The molecule has 7 heteroatoms. The lowest BCUT2D eigenvalue weighted by Gasteiger charge is -2.35. The molecule has 0 bridgehead atoms. The second-order valence-electron chi connectivity index (χ2n) is 4.74. The predicted molar refractivity (Wildman–Crippen MR) is 63.1 cm³/mol. The van der Waals surface area contributed by atoms with Crippen molar-refractivity contribution in [3.63, 3.8) is 0 Å². The number of carbonyl (C=O) groups excluding carboxylic acids is 1. The van der Waals surface area contributed by atoms with Crippen LogP contribution in [0.5, 0.6) is 0 Å². The van der Waals surface area contributed by atoms with E-state index in [0.29, 0.717) is 38.7 Å². The molecule has 0 aromatic carbocycles. The molecule has 2 saturated heterocycles. The Labute approximate surface area is 105 Å².